The van der Waals surface area contributed by atoms with Crippen molar-refractivity contribution >= 4 is 5.91 Å². The fourth-order valence-electron chi connectivity index (χ4n) is 4.86. The van der Waals surface area contributed by atoms with Gasteiger partial charge in [0.25, 0.3) is 5.91 Å². The van der Waals surface area contributed by atoms with Crippen LogP contribution in [0.1, 0.15) is 65.8 Å². The van der Waals surface area contributed by atoms with Gasteiger partial charge in [-0.1, -0.05) is 25.0 Å². The molecule has 27 heavy (non-hydrogen) atoms. The third-order valence-corrected chi connectivity index (χ3v) is 6.38. The molecule has 1 N–H and O–H groups in total. The number of rotatable bonds is 5. The van der Waals surface area contributed by atoms with E-state index in [0.717, 1.165) is 54.8 Å². The van der Waals surface area contributed by atoms with E-state index in [0.29, 0.717) is 6.54 Å². The van der Waals surface area contributed by atoms with E-state index < -0.39 is 0 Å². The Labute approximate surface area is 161 Å². The largest absolute Gasteiger partial charge is 0.497 e. The molecule has 2 aliphatic rings. The zero-order chi connectivity index (χ0) is 18.9. The van der Waals surface area contributed by atoms with Gasteiger partial charge in [0.05, 0.1) is 12.8 Å². The summed E-state index contributed by atoms with van der Waals surface area (Å²) in [6.07, 6.45) is 8.93. The van der Waals surface area contributed by atoms with Crippen molar-refractivity contribution in [2.24, 2.45) is 7.05 Å². The van der Waals surface area contributed by atoms with E-state index in [2.05, 4.69) is 22.5 Å². The molecule has 0 atom stereocenters. The van der Waals surface area contributed by atoms with Crippen LogP contribution in [-0.4, -0.2) is 29.3 Å². The van der Waals surface area contributed by atoms with E-state index in [9.17, 15) is 4.79 Å². The highest BCUT2D eigenvalue weighted by Gasteiger charge is 2.36. The van der Waals surface area contributed by atoms with Gasteiger partial charge in [-0.05, 0) is 56.2 Å². The maximum absolute atomic E-state index is 13.0. The summed E-state index contributed by atoms with van der Waals surface area (Å²) >= 11 is 0. The molecule has 5 heteroatoms. The van der Waals surface area contributed by atoms with Gasteiger partial charge in [0.15, 0.2) is 0 Å². The fourth-order valence-corrected chi connectivity index (χ4v) is 4.86. The quantitative estimate of drug-likeness (QED) is 0.879. The topological polar surface area (TPSA) is 56.1 Å². The lowest BCUT2D eigenvalue weighted by Crippen LogP contribution is -2.40. The first-order valence-electron chi connectivity index (χ1n) is 10.1. The van der Waals surface area contributed by atoms with Crippen molar-refractivity contribution in [1.82, 2.24) is 15.1 Å². The number of amides is 1. The molecule has 1 aromatic heterocycles. The van der Waals surface area contributed by atoms with Crippen LogP contribution in [0.5, 0.6) is 5.75 Å². The van der Waals surface area contributed by atoms with Crippen LogP contribution in [-0.2, 0) is 25.3 Å². The molecule has 144 valence electrons. The molecule has 1 fully saturated rings. The van der Waals surface area contributed by atoms with E-state index in [4.69, 9.17) is 4.74 Å². The molecule has 1 heterocycles. The predicted octanol–water partition coefficient (Wildman–Crippen LogP) is 3.55. The summed E-state index contributed by atoms with van der Waals surface area (Å²) in [6, 6.07) is 8.36. The Morgan fingerprint density at radius 2 is 1.85 bits per heavy atom. The van der Waals surface area contributed by atoms with Crippen LogP contribution in [0.25, 0.3) is 0 Å². The molecule has 2 aliphatic carbocycles. The zero-order valence-corrected chi connectivity index (χ0v) is 16.4. The van der Waals surface area contributed by atoms with Crippen LogP contribution in [0.15, 0.2) is 24.3 Å². The van der Waals surface area contributed by atoms with Gasteiger partial charge in [-0.25, -0.2) is 0 Å². The number of carbonyl (C=O) groups is 1. The number of ether oxygens (including phenoxy) is 1. The lowest BCUT2D eigenvalue weighted by molar-refractivity contribution is 0.0932. The first kappa shape index (κ1) is 18.1. The molecule has 0 spiro atoms. The van der Waals surface area contributed by atoms with Gasteiger partial charge in [-0.2, -0.15) is 5.10 Å². The normalized spacial score (nSPS) is 18.1. The van der Waals surface area contributed by atoms with E-state index in [1.54, 1.807) is 11.8 Å². The number of aryl methyl sites for hydroxylation is 2. The molecule has 0 radical (unpaired) electrons. The van der Waals surface area contributed by atoms with Crippen LogP contribution in [0.3, 0.4) is 0 Å². The van der Waals surface area contributed by atoms with Crippen molar-refractivity contribution in [2.75, 3.05) is 13.7 Å². The number of aromatic nitrogens is 2. The fraction of sp³-hybridized carbons (Fsp3) is 0.545. The summed E-state index contributed by atoms with van der Waals surface area (Å²) < 4.78 is 7.08. The third kappa shape index (κ3) is 3.35. The molecule has 0 saturated heterocycles. The number of hydrogen-bond acceptors (Lipinski definition) is 3. The lowest BCUT2D eigenvalue weighted by atomic mass is 9.78. The third-order valence-electron chi connectivity index (χ3n) is 6.38. The summed E-state index contributed by atoms with van der Waals surface area (Å²) in [5.74, 6) is 0.894. The maximum Gasteiger partial charge on any atom is 0.269 e. The van der Waals surface area contributed by atoms with E-state index in [-0.39, 0.29) is 11.3 Å². The van der Waals surface area contributed by atoms with Crippen LogP contribution in [0.4, 0.5) is 0 Å². The first-order valence-corrected chi connectivity index (χ1v) is 10.1. The van der Waals surface area contributed by atoms with Crippen molar-refractivity contribution in [3.8, 4) is 5.75 Å². The highest BCUT2D eigenvalue weighted by Crippen LogP contribution is 2.41. The second-order valence-electron chi connectivity index (χ2n) is 8.00. The highest BCUT2D eigenvalue weighted by molar-refractivity contribution is 5.94. The average molecular weight is 367 g/mol. The number of fused-ring (bicyclic) bond motifs is 1. The Morgan fingerprint density at radius 1 is 1.15 bits per heavy atom. The molecular formula is C22H29N3O2. The maximum atomic E-state index is 13.0. The first-order chi connectivity index (χ1) is 13.1. The number of nitrogens with zero attached hydrogens (tertiary/aromatic N) is 2. The Bertz CT molecular complexity index is 817. The summed E-state index contributed by atoms with van der Waals surface area (Å²) in [4.78, 5) is 13.0. The minimum Gasteiger partial charge on any atom is -0.497 e. The smallest absolute Gasteiger partial charge is 0.269 e. The molecule has 1 aromatic carbocycles. The SMILES string of the molecule is COc1ccc(C2(CNC(=O)c3c4c(nn3C)CCCC4)CCCC2)cc1. The summed E-state index contributed by atoms with van der Waals surface area (Å²) in [5, 5.41) is 7.84. The number of nitrogens with one attached hydrogen (secondary N) is 1. The van der Waals surface area contributed by atoms with Gasteiger partial charge >= 0.3 is 0 Å². The monoisotopic (exact) mass is 367 g/mol. The second kappa shape index (κ2) is 7.37. The molecule has 2 aromatic rings. The number of carbonyl (C=O) groups excluding carboxylic acids is 1. The Balaban J connectivity index is 1.53. The van der Waals surface area contributed by atoms with Gasteiger partial charge in [-0.3, -0.25) is 9.48 Å². The van der Waals surface area contributed by atoms with E-state index in [1.807, 2.05) is 19.2 Å². The van der Waals surface area contributed by atoms with Crippen molar-refractivity contribution in [3.05, 3.63) is 46.8 Å². The Hall–Kier alpha value is -2.30. The Kier molecular flexibility index (Phi) is 4.94. The molecule has 0 unspecified atom stereocenters. The van der Waals surface area contributed by atoms with Gasteiger partial charge in [0.1, 0.15) is 11.4 Å². The van der Waals surface area contributed by atoms with Crippen LogP contribution >= 0.6 is 0 Å². The van der Waals surface area contributed by atoms with Crippen LogP contribution < -0.4 is 10.1 Å². The second-order valence-corrected chi connectivity index (χ2v) is 8.00. The summed E-state index contributed by atoms with van der Waals surface area (Å²) in [7, 11) is 3.58. The van der Waals surface area contributed by atoms with Gasteiger partial charge in [-0.15, -0.1) is 0 Å². The van der Waals surface area contributed by atoms with Crippen molar-refractivity contribution in [1.29, 1.82) is 0 Å². The summed E-state index contributed by atoms with van der Waals surface area (Å²) in [6.45, 7) is 0.679. The minimum absolute atomic E-state index is 0.0212. The predicted molar refractivity (Wildman–Crippen MR) is 105 cm³/mol. The zero-order valence-electron chi connectivity index (χ0n) is 16.4. The average Bonchev–Trinajstić information content (AvgIpc) is 3.30. The lowest BCUT2D eigenvalue weighted by Gasteiger charge is -2.30. The molecular weight excluding hydrogens is 338 g/mol. The molecule has 0 bridgehead atoms. The molecule has 1 saturated carbocycles. The van der Waals surface area contributed by atoms with Gasteiger partial charge in [0.2, 0.25) is 0 Å². The number of methoxy groups -OCH3 is 1. The van der Waals surface area contributed by atoms with Crippen molar-refractivity contribution in [2.45, 2.75) is 56.8 Å². The highest BCUT2D eigenvalue weighted by atomic mass is 16.5. The van der Waals surface area contributed by atoms with Crippen molar-refractivity contribution in [3.63, 3.8) is 0 Å². The minimum atomic E-state index is 0.0212. The van der Waals surface area contributed by atoms with Crippen molar-refractivity contribution < 1.29 is 9.53 Å². The molecule has 5 nitrogen and oxygen atoms in total. The number of benzene rings is 1. The Morgan fingerprint density at radius 3 is 2.56 bits per heavy atom. The molecule has 4 rings (SSSR count). The van der Waals surface area contributed by atoms with E-state index >= 15 is 0 Å². The standard InChI is InChI=1S/C22H29N3O2/c1-25-20(18-7-3-4-8-19(18)24-25)21(26)23-15-22(13-5-6-14-22)16-9-11-17(27-2)12-10-16/h9-12H,3-8,13-15H2,1-2H3,(H,23,26). The van der Waals surface area contributed by atoms with Gasteiger partial charge < -0.3 is 10.1 Å². The number of hydrogen-bond donors (Lipinski definition) is 1. The van der Waals surface area contributed by atoms with Crippen LogP contribution in [0, 0.1) is 0 Å². The van der Waals surface area contributed by atoms with E-state index in [1.165, 1.54) is 24.8 Å². The molecule has 0 aliphatic heterocycles. The van der Waals surface area contributed by atoms with Gasteiger partial charge in [0, 0.05) is 24.6 Å². The molecule has 1 amide bonds. The van der Waals surface area contributed by atoms with Crippen LogP contribution in [0.2, 0.25) is 0 Å². The summed E-state index contributed by atoms with van der Waals surface area (Å²) in [5.41, 5.74) is 4.35.